The van der Waals surface area contributed by atoms with E-state index in [1.54, 1.807) is 19.1 Å². The Hall–Kier alpha value is -2.35. The maximum absolute atomic E-state index is 12.0. The van der Waals surface area contributed by atoms with E-state index in [2.05, 4.69) is 5.32 Å². The zero-order chi connectivity index (χ0) is 14.4. The number of carboxylic acids is 1. The van der Waals surface area contributed by atoms with Crippen molar-refractivity contribution in [2.45, 2.75) is 26.3 Å². The fourth-order valence-corrected chi connectivity index (χ4v) is 1.62. The molecule has 100 valence electrons. The van der Waals surface area contributed by atoms with Crippen LogP contribution in [0.25, 0.3) is 0 Å². The largest absolute Gasteiger partial charge is 0.478 e. The molecule has 0 fully saturated rings. The van der Waals surface area contributed by atoms with Crippen LogP contribution in [0.5, 0.6) is 0 Å². The maximum atomic E-state index is 12.0. The summed E-state index contributed by atoms with van der Waals surface area (Å²) < 4.78 is 0. The van der Waals surface area contributed by atoms with Crippen molar-refractivity contribution in [2.75, 3.05) is 0 Å². The molecule has 1 aromatic rings. The van der Waals surface area contributed by atoms with E-state index >= 15 is 0 Å². The minimum absolute atomic E-state index is 0.00550. The lowest BCUT2D eigenvalue weighted by Crippen LogP contribution is -2.37. The molecule has 0 radical (unpaired) electrons. The Morgan fingerprint density at radius 2 is 1.89 bits per heavy atom. The molecule has 2 N–H and O–H groups in total. The molecule has 0 heterocycles. The zero-order valence-electron chi connectivity index (χ0n) is 10.9. The van der Waals surface area contributed by atoms with Crippen LogP contribution in [0.15, 0.2) is 24.3 Å². The summed E-state index contributed by atoms with van der Waals surface area (Å²) in [5.41, 5.74) is 0.103. The summed E-state index contributed by atoms with van der Waals surface area (Å²) in [6, 6.07) is 7.89. The predicted octanol–water partition coefficient (Wildman–Crippen LogP) is 2.05. The van der Waals surface area contributed by atoms with Gasteiger partial charge in [0.1, 0.15) is 0 Å². The van der Waals surface area contributed by atoms with Crippen LogP contribution in [0.3, 0.4) is 0 Å². The molecule has 19 heavy (non-hydrogen) atoms. The number of amides is 1. The van der Waals surface area contributed by atoms with Crippen molar-refractivity contribution in [1.82, 2.24) is 5.32 Å². The third-order valence-corrected chi connectivity index (χ3v) is 3.03. The second kappa shape index (κ2) is 6.55. The molecule has 5 nitrogen and oxygen atoms in total. The van der Waals surface area contributed by atoms with Gasteiger partial charge in [-0.1, -0.05) is 19.1 Å². The summed E-state index contributed by atoms with van der Waals surface area (Å²) in [7, 11) is 0. The molecule has 0 saturated heterocycles. The molecule has 0 aliphatic rings. The highest BCUT2D eigenvalue weighted by atomic mass is 16.4. The van der Waals surface area contributed by atoms with E-state index in [1.807, 2.05) is 13.0 Å². The molecule has 0 aliphatic heterocycles. The van der Waals surface area contributed by atoms with Crippen LogP contribution in [0.1, 0.15) is 41.0 Å². The smallest absolute Gasteiger partial charge is 0.336 e. The number of carbonyl (C=O) groups excluding carboxylic acids is 1. The minimum Gasteiger partial charge on any atom is -0.478 e. The van der Waals surface area contributed by atoms with Gasteiger partial charge in [0.2, 0.25) is 0 Å². The van der Waals surface area contributed by atoms with Crippen LogP contribution in [0.4, 0.5) is 0 Å². The fourth-order valence-electron chi connectivity index (χ4n) is 1.62. The number of aromatic carboxylic acids is 1. The highest BCUT2D eigenvalue weighted by molar-refractivity contribution is 6.04. The monoisotopic (exact) mass is 260 g/mol. The normalized spacial score (nSPS) is 13.1. The lowest BCUT2D eigenvalue weighted by atomic mass is 9.99. The summed E-state index contributed by atoms with van der Waals surface area (Å²) in [6.45, 7) is 3.65. The van der Waals surface area contributed by atoms with Gasteiger partial charge >= 0.3 is 5.97 Å². The van der Waals surface area contributed by atoms with Crippen molar-refractivity contribution in [3.63, 3.8) is 0 Å². The van der Waals surface area contributed by atoms with Crippen molar-refractivity contribution < 1.29 is 14.7 Å². The third-order valence-electron chi connectivity index (χ3n) is 3.03. The average molecular weight is 260 g/mol. The first-order valence-electron chi connectivity index (χ1n) is 5.97. The highest BCUT2D eigenvalue weighted by Gasteiger charge is 2.19. The van der Waals surface area contributed by atoms with Gasteiger partial charge in [0.05, 0.1) is 17.2 Å². The van der Waals surface area contributed by atoms with E-state index in [0.717, 1.165) is 0 Å². The average Bonchev–Trinajstić information content (AvgIpc) is 2.38. The van der Waals surface area contributed by atoms with Gasteiger partial charge in [-0.15, -0.1) is 0 Å². The standard InChI is InChI=1S/C14H16N2O3/c1-9(7-8-15)10(2)16-13(17)11-5-3-4-6-12(11)14(18)19/h3-6,9-10H,7H2,1-2H3,(H,16,17)(H,18,19). The van der Waals surface area contributed by atoms with E-state index in [9.17, 15) is 9.59 Å². The van der Waals surface area contributed by atoms with Gasteiger partial charge in [-0.2, -0.15) is 5.26 Å². The van der Waals surface area contributed by atoms with Crippen LogP contribution in [0.2, 0.25) is 0 Å². The zero-order valence-corrected chi connectivity index (χ0v) is 10.9. The van der Waals surface area contributed by atoms with Gasteiger partial charge in [-0.25, -0.2) is 4.79 Å². The maximum Gasteiger partial charge on any atom is 0.336 e. The topological polar surface area (TPSA) is 90.2 Å². The first-order chi connectivity index (χ1) is 8.97. The van der Waals surface area contributed by atoms with Gasteiger partial charge in [-0.05, 0) is 25.0 Å². The molecule has 1 rings (SSSR count). The van der Waals surface area contributed by atoms with Crippen molar-refractivity contribution in [3.05, 3.63) is 35.4 Å². The first kappa shape index (κ1) is 14.7. The Labute approximate surface area is 111 Å². The third kappa shape index (κ3) is 3.81. The van der Waals surface area contributed by atoms with Gasteiger partial charge in [-0.3, -0.25) is 4.79 Å². The van der Waals surface area contributed by atoms with Crippen LogP contribution < -0.4 is 5.32 Å². The Balaban J connectivity index is 2.85. The summed E-state index contributed by atoms with van der Waals surface area (Å²) in [5, 5.41) is 20.4. The molecule has 5 heteroatoms. The van der Waals surface area contributed by atoms with Crippen molar-refractivity contribution >= 4 is 11.9 Å². The van der Waals surface area contributed by atoms with E-state index in [0.29, 0.717) is 6.42 Å². The quantitative estimate of drug-likeness (QED) is 0.847. The second-order valence-corrected chi connectivity index (χ2v) is 4.45. The number of benzene rings is 1. The highest BCUT2D eigenvalue weighted by Crippen LogP contribution is 2.11. The van der Waals surface area contributed by atoms with E-state index < -0.39 is 11.9 Å². The summed E-state index contributed by atoms with van der Waals surface area (Å²) >= 11 is 0. The first-order valence-corrected chi connectivity index (χ1v) is 5.97. The predicted molar refractivity (Wildman–Crippen MR) is 69.7 cm³/mol. The van der Waals surface area contributed by atoms with Crippen LogP contribution in [-0.4, -0.2) is 23.0 Å². The lowest BCUT2D eigenvalue weighted by molar-refractivity contribution is 0.0690. The van der Waals surface area contributed by atoms with Gasteiger partial charge in [0.25, 0.3) is 5.91 Å². The number of hydrogen-bond acceptors (Lipinski definition) is 3. The molecule has 0 spiro atoms. The summed E-state index contributed by atoms with van der Waals surface area (Å²) in [4.78, 5) is 23.1. The molecule has 0 aliphatic carbocycles. The summed E-state index contributed by atoms with van der Waals surface area (Å²) in [5.74, 6) is -1.57. The molecule has 1 aromatic carbocycles. The molecular weight excluding hydrogens is 244 g/mol. The van der Waals surface area contributed by atoms with Crippen molar-refractivity contribution in [2.24, 2.45) is 5.92 Å². The number of nitrogens with zero attached hydrogens (tertiary/aromatic N) is 1. The SMILES string of the molecule is CC(CC#N)C(C)NC(=O)c1ccccc1C(=O)O. The number of carboxylic acid groups (broad SMARTS) is 1. The van der Waals surface area contributed by atoms with Gasteiger partial charge < -0.3 is 10.4 Å². The Morgan fingerprint density at radius 1 is 1.32 bits per heavy atom. The molecule has 0 aromatic heterocycles. The number of rotatable bonds is 5. The number of carbonyl (C=O) groups is 2. The minimum atomic E-state index is -1.14. The summed E-state index contributed by atoms with van der Waals surface area (Å²) in [6.07, 6.45) is 0.335. The van der Waals surface area contributed by atoms with Crippen molar-refractivity contribution in [3.8, 4) is 6.07 Å². The lowest BCUT2D eigenvalue weighted by Gasteiger charge is -2.19. The second-order valence-electron chi connectivity index (χ2n) is 4.45. The van der Waals surface area contributed by atoms with Crippen LogP contribution in [0, 0.1) is 17.2 Å². The van der Waals surface area contributed by atoms with Crippen molar-refractivity contribution in [1.29, 1.82) is 5.26 Å². The van der Waals surface area contributed by atoms with E-state index in [4.69, 9.17) is 10.4 Å². The van der Waals surface area contributed by atoms with E-state index in [1.165, 1.54) is 12.1 Å². The van der Waals surface area contributed by atoms with Crippen LogP contribution in [-0.2, 0) is 0 Å². The molecule has 1 amide bonds. The fraction of sp³-hybridized carbons (Fsp3) is 0.357. The molecule has 0 bridgehead atoms. The molecular formula is C14H16N2O3. The molecule has 0 saturated carbocycles. The number of nitriles is 1. The molecule has 2 unspecified atom stereocenters. The Bertz CT molecular complexity index is 520. The van der Waals surface area contributed by atoms with Crippen LogP contribution >= 0.6 is 0 Å². The van der Waals surface area contributed by atoms with Gasteiger partial charge in [0, 0.05) is 12.5 Å². The number of hydrogen-bond donors (Lipinski definition) is 2. The Morgan fingerprint density at radius 3 is 2.42 bits per heavy atom. The Kier molecular flexibility index (Phi) is 5.07. The molecule has 2 atom stereocenters. The number of nitrogens with one attached hydrogen (secondary N) is 1. The van der Waals surface area contributed by atoms with E-state index in [-0.39, 0.29) is 23.1 Å². The van der Waals surface area contributed by atoms with Gasteiger partial charge in [0.15, 0.2) is 0 Å².